The average Bonchev–Trinajstić information content (AvgIpc) is 3.01. The molecule has 3 rings (SSSR count). The van der Waals surface area contributed by atoms with E-state index in [1.165, 1.54) is 0 Å². The number of amides is 3. The highest BCUT2D eigenvalue weighted by Gasteiger charge is 2.39. The first-order valence-corrected chi connectivity index (χ1v) is 10.0. The summed E-state index contributed by atoms with van der Waals surface area (Å²) >= 11 is 0. The number of carbonyl (C=O) groups excluding carboxylic acids is 3. The van der Waals surface area contributed by atoms with Gasteiger partial charge in [0.15, 0.2) is 0 Å². The second-order valence-electron chi connectivity index (χ2n) is 7.17. The van der Waals surface area contributed by atoms with E-state index >= 15 is 0 Å². The second kappa shape index (κ2) is 9.80. The van der Waals surface area contributed by atoms with E-state index in [1.807, 2.05) is 18.2 Å². The maximum atomic E-state index is 12.8. The Bertz CT molecular complexity index is 734. The monoisotopic (exact) mass is 388 g/mol. The molecule has 0 aliphatic carbocycles. The molecule has 0 saturated carbocycles. The fraction of sp³-hybridized carbons (Fsp3) is 0.571. The van der Waals surface area contributed by atoms with Gasteiger partial charge in [0.2, 0.25) is 11.8 Å². The number of rotatable bonds is 10. The molecule has 28 heavy (non-hydrogen) atoms. The topological polar surface area (TPSA) is 84.9 Å². The summed E-state index contributed by atoms with van der Waals surface area (Å²) in [5, 5.41) is 2.34. The molecular formula is C21H28N2O5. The summed E-state index contributed by atoms with van der Waals surface area (Å²) < 4.78 is 11.0. The molecule has 1 N–H and O–H groups in total. The Balaban J connectivity index is 1.54. The second-order valence-corrected chi connectivity index (χ2v) is 7.17. The zero-order chi connectivity index (χ0) is 19.9. The highest BCUT2D eigenvalue weighted by molar-refractivity contribution is 6.05. The first kappa shape index (κ1) is 20.5. The van der Waals surface area contributed by atoms with Crippen LogP contribution in [0.2, 0.25) is 0 Å². The molecule has 2 aliphatic rings. The molecule has 0 spiro atoms. The first-order chi connectivity index (χ1) is 13.6. The Hall–Kier alpha value is -2.25. The molecular weight excluding hydrogens is 360 g/mol. The fourth-order valence-electron chi connectivity index (χ4n) is 3.72. The zero-order valence-electron chi connectivity index (χ0n) is 16.4. The third-order valence-corrected chi connectivity index (χ3v) is 5.13. The molecule has 1 atom stereocenters. The lowest BCUT2D eigenvalue weighted by Crippen LogP contribution is -2.52. The molecule has 1 saturated heterocycles. The van der Waals surface area contributed by atoms with Crippen LogP contribution in [0, 0.1) is 0 Å². The number of piperidine rings is 1. The van der Waals surface area contributed by atoms with E-state index in [-0.39, 0.29) is 24.1 Å². The predicted octanol–water partition coefficient (Wildman–Crippen LogP) is 1.82. The van der Waals surface area contributed by atoms with Crippen molar-refractivity contribution in [3.05, 3.63) is 34.9 Å². The van der Waals surface area contributed by atoms with Crippen molar-refractivity contribution in [1.29, 1.82) is 0 Å². The number of nitrogens with one attached hydrogen (secondary N) is 1. The standard InChI is InChI=1S/C21H28N2O5/c1-2-10-27-12-13-28-11-4-6-15-5-3-7-16-17(15)14-23(21(16)26)18-8-9-19(24)22-20(18)25/h3,5,7,18H,2,4,6,8-14H2,1H3,(H,22,24,25). The van der Waals surface area contributed by atoms with Crippen molar-refractivity contribution in [2.75, 3.05) is 26.4 Å². The van der Waals surface area contributed by atoms with Crippen LogP contribution in [-0.4, -0.2) is 55.1 Å². The summed E-state index contributed by atoms with van der Waals surface area (Å²) in [6, 6.07) is 5.16. The van der Waals surface area contributed by atoms with E-state index in [1.54, 1.807) is 4.90 Å². The van der Waals surface area contributed by atoms with E-state index in [2.05, 4.69) is 12.2 Å². The van der Waals surface area contributed by atoms with Crippen molar-refractivity contribution in [2.24, 2.45) is 0 Å². The average molecular weight is 388 g/mol. The normalized spacial score (nSPS) is 19.1. The largest absolute Gasteiger partial charge is 0.379 e. The van der Waals surface area contributed by atoms with Gasteiger partial charge in [0.25, 0.3) is 5.91 Å². The zero-order valence-corrected chi connectivity index (χ0v) is 16.4. The smallest absolute Gasteiger partial charge is 0.255 e. The predicted molar refractivity (Wildman–Crippen MR) is 103 cm³/mol. The molecule has 7 heteroatoms. The minimum atomic E-state index is -0.572. The van der Waals surface area contributed by atoms with Crippen LogP contribution in [0.15, 0.2) is 18.2 Å². The quantitative estimate of drug-likeness (QED) is 0.488. The Kier molecular flexibility index (Phi) is 7.17. The number of ether oxygens (including phenoxy) is 2. The van der Waals surface area contributed by atoms with Crippen molar-refractivity contribution in [2.45, 2.75) is 51.6 Å². The van der Waals surface area contributed by atoms with E-state index < -0.39 is 6.04 Å². The third-order valence-electron chi connectivity index (χ3n) is 5.13. The molecule has 7 nitrogen and oxygen atoms in total. The number of carbonyl (C=O) groups is 3. The number of hydrogen-bond acceptors (Lipinski definition) is 5. The lowest BCUT2D eigenvalue weighted by Gasteiger charge is -2.29. The summed E-state index contributed by atoms with van der Waals surface area (Å²) in [5.74, 6) is -0.778. The molecule has 1 unspecified atom stereocenters. The summed E-state index contributed by atoms with van der Waals surface area (Å²) in [6.07, 6.45) is 3.33. The van der Waals surface area contributed by atoms with Gasteiger partial charge in [-0.15, -0.1) is 0 Å². The van der Waals surface area contributed by atoms with Gasteiger partial charge < -0.3 is 14.4 Å². The molecule has 2 heterocycles. The van der Waals surface area contributed by atoms with Gasteiger partial charge >= 0.3 is 0 Å². The van der Waals surface area contributed by atoms with Crippen molar-refractivity contribution < 1.29 is 23.9 Å². The van der Waals surface area contributed by atoms with E-state index in [0.717, 1.165) is 37.0 Å². The maximum absolute atomic E-state index is 12.8. The van der Waals surface area contributed by atoms with Crippen molar-refractivity contribution >= 4 is 17.7 Å². The Morgan fingerprint density at radius 1 is 1.11 bits per heavy atom. The highest BCUT2D eigenvalue weighted by atomic mass is 16.5. The molecule has 1 aromatic rings. The summed E-state index contributed by atoms with van der Waals surface area (Å²) in [7, 11) is 0. The number of nitrogens with zero attached hydrogens (tertiary/aromatic N) is 1. The maximum Gasteiger partial charge on any atom is 0.255 e. The van der Waals surface area contributed by atoms with Crippen LogP contribution in [0.1, 0.15) is 54.1 Å². The summed E-state index contributed by atoms with van der Waals surface area (Å²) in [5.41, 5.74) is 2.77. The van der Waals surface area contributed by atoms with Crippen molar-refractivity contribution in [1.82, 2.24) is 10.2 Å². The number of benzene rings is 1. The SMILES string of the molecule is CCCOCCOCCCc1cccc2c1CN(C1CCC(=O)NC1=O)C2=O. The molecule has 1 fully saturated rings. The van der Waals surface area contributed by atoms with Gasteiger partial charge in [0.05, 0.1) is 13.2 Å². The van der Waals surface area contributed by atoms with Gasteiger partial charge in [-0.3, -0.25) is 19.7 Å². The third kappa shape index (κ3) is 4.77. The molecule has 0 aromatic heterocycles. The lowest BCUT2D eigenvalue weighted by molar-refractivity contribution is -0.136. The highest BCUT2D eigenvalue weighted by Crippen LogP contribution is 2.30. The molecule has 0 bridgehead atoms. The molecule has 2 aliphatic heterocycles. The molecule has 1 aromatic carbocycles. The van der Waals surface area contributed by atoms with Crippen LogP contribution < -0.4 is 5.32 Å². The minimum absolute atomic E-state index is 0.129. The Labute approximate surface area is 165 Å². The summed E-state index contributed by atoms with van der Waals surface area (Å²) in [4.78, 5) is 37.9. The van der Waals surface area contributed by atoms with Crippen LogP contribution in [0.3, 0.4) is 0 Å². The van der Waals surface area contributed by atoms with Gasteiger partial charge in [-0.2, -0.15) is 0 Å². The van der Waals surface area contributed by atoms with E-state index in [0.29, 0.717) is 38.3 Å². The van der Waals surface area contributed by atoms with Crippen molar-refractivity contribution in [3.63, 3.8) is 0 Å². The Morgan fingerprint density at radius 3 is 2.64 bits per heavy atom. The Morgan fingerprint density at radius 2 is 1.89 bits per heavy atom. The lowest BCUT2D eigenvalue weighted by atomic mass is 10.00. The van der Waals surface area contributed by atoms with Gasteiger partial charge in [-0.05, 0) is 42.9 Å². The van der Waals surface area contributed by atoms with Gasteiger partial charge in [-0.25, -0.2) is 0 Å². The molecule has 152 valence electrons. The van der Waals surface area contributed by atoms with E-state index in [9.17, 15) is 14.4 Å². The van der Waals surface area contributed by atoms with Crippen LogP contribution in [0.5, 0.6) is 0 Å². The van der Waals surface area contributed by atoms with Gasteiger partial charge in [-0.1, -0.05) is 19.1 Å². The fourth-order valence-corrected chi connectivity index (χ4v) is 3.72. The van der Waals surface area contributed by atoms with Crippen molar-refractivity contribution in [3.8, 4) is 0 Å². The number of aryl methyl sites for hydroxylation is 1. The van der Waals surface area contributed by atoms with Gasteiger partial charge in [0, 0.05) is 31.7 Å². The summed E-state index contributed by atoms with van der Waals surface area (Å²) in [6.45, 7) is 5.10. The number of imide groups is 1. The van der Waals surface area contributed by atoms with Crippen LogP contribution in [-0.2, 0) is 32.0 Å². The number of fused-ring (bicyclic) bond motifs is 1. The minimum Gasteiger partial charge on any atom is -0.379 e. The van der Waals surface area contributed by atoms with E-state index in [4.69, 9.17) is 9.47 Å². The van der Waals surface area contributed by atoms with Gasteiger partial charge in [0.1, 0.15) is 6.04 Å². The first-order valence-electron chi connectivity index (χ1n) is 10.0. The number of hydrogen-bond donors (Lipinski definition) is 1. The van der Waals surface area contributed by atoms with Crippen LogP contribution in [0.4, 0.5) is 0 Å². The molecule has 3 amide bonds. The molecule has 0 radical (unpaired) electrons. The van der Waals surface area contributed by atoms with Crippen LogP contribution >= 0.6 is 0 Å². The van der Waals surface area contributed by atoms with Crippen LogP contribution in [0.25, 0.3) is 0 Å².